The quantitative estimate of drug-likeness (QED) is 0.772. The van der Waals surface area contributed by atoms with Crippen molar-refractivity contribution in [3.8, 4) is 0 Å². The number of carbonyl (C=O) groups excluding carboxylic acids is 3. The van der Waals surface area contributed by atoms with E-state index in [0.717, 1.165) is 4.90 Å². The fourth-order valence-corrected chi connectivity index (χ4v) is 2.51. The third-order valence-electron chi connectivity index (χ3n) is 3.74. The number of halogens is 4. The van der Waals surface area contributed by atoms with Crippen LogP contribution in [0.5, 0.6) is 0 Å². The Morgan fingerprint density at radius 1 is 0.957 bits per heavy atom. The lowest BCUT2D eigenvalue weighted by atomic mass is 10.1. The van der Waals surface area contributed by atoms with Gasteiger partial charge >= 0.3 is 0 Å². The van der Waals surface area contributed by atoms with E-state index in [1.807, 2.05) is 0 Å². The molecular weight excluding hydrogens is 320 g/mol. The van der Waals surface area contributed by atoms with Gasteiger partial charge in [0.15, 0.2) is 5.78 Å². The van der Waals surface area contributed by atoms with Crippen molar-refractivity contribution in [2.75, 3.05) is 13.1 Å². The summed E-state index contributed by atoms with van der Waals surface area (Å²) >= 11 is 0. The van der Waals surface area contributed by atoms with Crippen LogP contribution in [0.15, 0.2) is 0 Å². The maximum Gasteiger partial charge on any atom is 0.267 e. The molecule has 1 N–H and O–H groups in total. The number of ketones is 2. The second kappa shape index (κ2) is 6.94. The van der Waals surface area contributed by atoms with Crippen molar-refractivity contribution in [1.29, 1.82) is 0 Å². The predicted octanol–water partition coefficient (Wildman–Crippen LogP) is 1.40. The molecule has 23 heavy (non-hydrogen) atoms. The first-order valence-electron chi connectivity index (χ1n) is 7.12. The highest BCUT2D eigenvalue weighted by molar-refractivity contribution is 5.87. The highest BCUT2D eigenvalue weighted by Gasteiger charge is 2.47. The van der Waals surface area contributed by atoms with Gasteiger partial charge in [0.2, 0.25) is 5.91 Å². The summed E-state index contributed by atoms with van der Waals surface area (Å²) < 4.78 is 50.3. The van der Waals surface area contributed by atoms with E-state index in [1.165, 1.54) is 20.8 Å². The molecule has 0 aromatic carbocycles. The molecule has 0 radical (unpaired) electrons. The van der Waals surface area contributed by atoms with Crippen LogP contribution in [0.25, 0.3) is 0 Å². The molecule has 0 aromatic heterocycles. The molecule has 0 saturated carbocycles. The zero-order valence-corrected chi connectivity index (χ0v) is 13.2. The Bertz CT molecular complexity index is 472. The van der Waals surface area contributed by atoms with Crippen LogP contribution < -0.4 is 5.32 Å². The lowest BCUT2D eigenvalue weighted by Gasteiger charge is -2.19. The van der Waals surface area contributed by atoms with Crippen LogP contribution in [0.3, 0.4) is 0 Å². The van der Waals surface area contributed by atoms with Crippen molar-refractivity contribution in [3.05, 3.63) is 0 Å². The van der Waals surface area contributed by atoms with Gasteiger partial charge in [0.05, 0.1) is 25.2 Å². The van der Waals surface area contributed by atoms with Gasteiger partial charge in [-0.1, -0.05) is 0 Å². The van der Waals surface area contributed by atoms with E-state index in [-0.39, 0.29) is 24.5 Å². The molecule has 0 bridgehead atoms. The number of nitrogens with zero attached hydrogens (tertiary/aromatic N) is 1. The molecule has 2 rings (SSSR count). The Hall–Kier alpha value is -1.51. The van der Waals surface area contributed by atoms with E-state index in [1.54, 1.807) is 0 Å². The molecule has 5 nitrogen and oxygen atoms in total. The lowest BCUT2D eigenvalue weighted by molar-refractivity contribution is -0.135. The number of carbonyl (C=O) groups is 3. The number of hydrogen-bond acceptors (Lipinski definition) is 4. The summed E-state index contributed by atoms with van der Waals surface area (Å²) in [5.41, 5.74) is 0. The van der Waals surface area contributed by atoms with Gasteiger partial charge in [0.1, 0.15) is 5.78 Å². The first-order chi connectivity index (χ1) is 10.3. The van der Waals surface area contributed by atoms with Crippen LogP contribution in [0.1, 0.15) is 33.6 Å². The second-order valence-corrected chi connectivity index (χ2v) is 5.94. The molecule has 1 amide bonds. The van der Waals surface area contributed by atoms with E-state index in [9.17, 15) is 31.9 Å². The average Bonchev–Trinajstić information content (AvgIpc) is 2.90. The summed E-state index contributed by atoms with van der Waals surface area (Å²) in [5.74, 6) is -6.67. The third-order valence-corrected chi connectivity index (χ3v) is 3.74. The van der Waals surface area contributed by atoms with E-state index >= 15 is 0 Å². The molecule has 2 aliphatic rings. The van der Waals surface area contributed by atoms with Crippen LogP contribution in [0.4, 0.5) is 17.6 Å². The van der Waals surface area contributed by atoms with E-state index in [4.69, 9.17) is 0 Å². The average molecular weight is 340 g/mol. The van der Waals surface area contributed by atoms with Gasteiger partial charge in [-0.05, 0) is 13.8 Å². The Labute approximate surface area is 131 Å². The number of amides is 1. The number of nitrogens with one attached hydrogen (secondary N) is 1. The predicted molar refractivity (Wildman–Crippen MR) is 73.5 cm³/mol. The second-order valence-electron chi connectivity index (χ2n) is 5.94. The van der Waals surface area contributed by atoms with Crippen molar-refractivity contribution in [2.45, 2.75) is 57.5 Å². The Balaban J connectivity index is 0.000000238. The summed E-state index contributed by atoms with van der Waals surface area (Å²) in [6.07, 6.45) is -0.885. The van der Waals surface area contributed by atoms with Crippen molar-refractivity contribution in [2.24, 2.45) is 0 Å². The van der Waals surface area contributed by atoms with Gasteiger partial charge in [-0.15, -0.1) is 0 Å². The summed E-state index contributed by atoms with van der Waals surface area (Å²) in [5, 5.41) is 2.45. The Morgan fingerprint density at radius 2 is 1.52 bits per heavy atom. The first kappa shape index (κ1) is 19.5. The van der Waals surface area contributed by atoms with E-state index in [0.29, 0.717) is 0 Å². The molecule has 0 aliphatic carbocycles. The number of likely N-dealkylation sites (tertiary alicyclic amines) is 1. The first-order valence-corrected chi connectivity index (χ1v) is 7.12. The molecule has 2 heterocycles. The van der Waals surface area contributed by atoms with Gasteiger partial charge in [0.25, 0.3) is 11.8 Å². The topological polar surface area (TPSA) is 66.5 Å². The van der Waals surface area contributed by atoms with Crippen molar-refractivity contribution in [3.63, 3.8) is 0 Å². The molecule has 0 spiro atoms. The minimum atomic E-state index is -2.91. The molecule has 132 valence electrons. The van der Waals surface area contributed by atoms with Gasteiger partial charge in [-0.25, -0.2) is 17.6 Å². The monoisotopic (exact) mass is 340 g/mol. The fraction of sp³-hybridized carbons (Fsp3) is 0.786. The SMILES string of the molecule is CC(=O)[C@@H]1CC(F)(F)CN1.CC(=O)[C@@H]1CC(F)(F)CN1C(C)=O. The summed E-state index contributed by atoms with van der Waals surface area (Å²) in [6.45, 7) is 2.74. The largest absolute Gasteiger partial charge is 0.327 e. The van der Waals surface area contributed by atoms with Crippen molar-refractivity contribution >= 4 is 17.5 Å². The van der Waals surface area contributed by atoms with Crippen LogP contribution in [-0.2, 0) is 14.4 Å². The van der Waals surface area contributed by atoms with Crippen molar-refractivity contribution < 1.29 is 31.9 Å². The Morgan fingerprint density at radius 3 is 1.78 bits per heavy atom. The maximum atomic E-state index is 12.8. The number of Topliss-reactive ketones (excluding diaryl/α,β-unsaturated/α-hetero) is 2. The molecule has 0 unspecified atom stereocenters. The molecular formula is C14H20F4N2O3. The van der Waals surface area contributed by atoms with Crippen LogP contribution in [-0.4, -0.2) is 59.4 Å². The van der Waals surface area contributed by atoms with Gasteiger partial charge in [-0.2, -0.15) is 0 Å². The summed E-state index contributed by atoms with van der Waals surface area (Å²) in [4.78, 5) is 33.3. The molecule has 2 fully saturated rings. The number of alkyl halides is 4. The zero-order chi connectivity index (χ0) is 18.0. The lowest BCUT2D eigenvalue weighted by Crippen LogP contribution is -2.38. The highest BCUT2D eigenvalue weighted by Crippen LogP contribution is 2.32. The van der Waals surface area contributed by atoms with Crippen LogP contribution in [0, 0.1) is 0 Å². The minimum Gasteiger partial charge on any atom is -0.327 e. The minimum absolute atomic E-state index is 0.211. The van der Waals surface area contributed by atoms with E-state index in [2.05, 4.69) is 5.32 Å². The van der Waals surface area contributed by atoms with Gasteiger partial charge in [-0.3, -0.25) is 14.4 Å². The number of rotatable bonds is 2. The smallest absolute Gasteiger partial charge is 0.267 e. The van der Waals surface area contributed by atoms with Crippen molar-refractivity contribution in [1.82, 2.24) is 10.2 Å². The Kier molecular flexibility index (Phi) is 5.89. The normalized spacial score (nSPS) is 28.0. The molecule has 0 aromatic rings. The van der Waals surface area contributed by atoms with Crippen LogP contribution >= 0.6 is 0 Å². The third kappa shape index (κ3) is 5.56. The van der Waals surface area contributed by atoms with Gasteiger partial charge < -0.3 is 10.2 Å². The molecule has 2 aliphatic heterocycles. The fourth-order valence-electron chi connectivity index (χ4n) is 2.51. The molecule has 2 saturated heterocycles. The molecule has 9 heteroatoms. The van der Waals surface area contributed by atoms with Gasteiger partial charge in [0, 0.05) is 19.8 Å². The zero-order valence-electron chi connectivity index (χ0n) is 13.2. The number of hydrogen-bond donors (Lipinski definition) is 1. The summed E-state index contributed by atoms with van der Waals surface area (Å²) in [6, 6.07) is -1.57. The molecule has 2 atom stereocenters. The highest BCUT2D eigenvalue weighted by atomic mass is 19.3. The standard InChI is InChI=1S/C8H11F2NO2.C6H9F2NO/c1-5(12)7-3-8(9,10)4-11(7)6(2)13;1-4(10)5-2-6(7,8)3-9-5/h7H,3-4H2,1-2H3;5,9H,2-3H2,1H3/t7-;5-/m00/s1. The summed E-state index contributed by atoms with van der Waals surface area (Å²) in [7, 11) is 0. The van der Waals surface area contributed by atoms with Crippen LogP contribution in [0.2, 0.25) is 0 Å². The van der Waals surface area contributed by atoms with E-state index < -0.39 is 42.8 Å². The maximum absolute atomic E-state index is 12.8.